The van der Waals surface area contributed by atoms with Crippen LogP contribution in [0.3, 0.4) is 0 Å². The maximum Gasteiger partial charge on any atom is 0.251 e. The van der Waals surface area contributed by atoms with Crippen molar-refractivity contribution in [3.05, 3.63) is 59.7 Å². The molecule has 29 heavy (non-hydrogen) atoms. The van der Waals surface area contributed by atoms with Crippen molar-refractivity contribution in [1.82, 2.24) is 9.62 Å². The second kappa shape index (κ2) is 8.25. The van der Waals surface area contributed by atoms with Gasteiger partial charge in [-0.05, 0) is 55.7 Å². The van der Waals surface area contributed by atoms with Crippen molar-refractivity contribution in [3.63, 3.8) is 0 Å². The number of benzene rings is 2. The number of amides is 1. The van der Waals surface area contributed by atoms with E-state index in [0.717, 1.165) is 24.7 Å². The zero-order valence-electron chi connectivity index (χ0n) is 16.3. The quantitative estimate of drug-likeness (QED) is 0.749. The van der Waals surface area contributed by atoms with E-state index in [9.17, 15) is 21.6 Å². The molecule has 1 fully saturated rings. The van der Waals surface area contributed by atoms with Crippen LogP contribution in [0.5, 0.6) is 0 Å². The van der Waals surface area contributed by atoms with Crippen molar-refractivity contribution >= 4 is 25.8 Å². The van der Waals surface area contributed by atoms with E-state index >= 15 is 0 Å². The third-order valence-electron chi connectivity index (χ3n) is 4.95. The molecule has 1 heterocycles. The molecule has 1 N–H and O–H groups in total. The van der Waals surface area contributed by atoms with E-state index in [-0.39, 0.29) is 21.4 Å². The minimum Gasteiger partial charge on any atom is -0.346 e. The highest BCUT2D eigenvalue weighted by molar-refractivity contribution is 7.90. The van der Waals surface area contributed by atoms with Crippen LogP contribution in [-0.2, 0) is 19.9 Å². The van der Waals surface area contributed by atoms with Crippen molar-refractivity contribution in [2.24, 2.45) is 0 Å². The fourth-order valence-corrected chi connectivity index (χ4v) is 5.44. The first-order valence-electron chi connectivity index (χ1n) is 9.30. The van der Waals surface area contributed by atoms with Gasteiger partial charge in [0, 0.05) is 24.9 Å². The molecule has 0 spiro atoms. The zero-order chi connectivity index (χ0) is 21.2. The molecule has 9 heteroatoms. The normalized spacial score (nSPS) is 16.5. The zero-order valence-corrected chi connectivity index (χ0v) is 18.0. The molecule has 1 amide bonds. The Hall–Kier alpha value is -2.23. The van der Waals surface area contributed by atoms with E-state index in [4.69, 9.17) is 0 Å². The second-order valence-electron chi connectivity index (χ2n) is 7.18. The van der Waals surface area contributed by atoms with Gasteiger partial charge in [-0.25, -0.2) is 16.8 Å². The van der Waals surface area contributed by atoms with E-state index in [0.29, 0.717) is 13.1 Å². The highest BCUT2D eigenvalue weighted by Gasteiger charge is 2.27. The predicted molar refractivity (Wildman–Crippen MR) is 110 cm³/mol. The van der Waals surface area contributed by atoms with Crippen molar-refractivity contribution < 1.29 is 21.6 Å². The summed E-state index contributed by atoms with van der Waals surface area (Å²) in [4.78, 5) is 13.0. The summed E-state index contributed by atoms with van der Waals surface area (Å²) in [6.07, 6.45) is 2.82. The molecule has 1 atom stereocenters. The Morgan fingerprint density at radius 2 is 1.59 bits per heavy atom. The van der Waals surface area contributed by atoms with Crippen LogP contribution in [-0.4, -0.2) is 46.4 Å². The van der Waals surface area contributed by atoms with E-state index in [1.54, 1.807) is 31.2 Å². The number of rotatable bonds is 6. The van der Waals surface area contributed by atoms with Gasteiger partial charge in [0.25, 0.3) is 5.91 Å². The first-order valence-corrected chi connectivity index (χ1v) is 12.6. The molecule has 7 nitrogen and oxygen atoms in total. The summed E-state index contributed by atoms with van der Waals surface area (Å²) in [5, 5.41) is 2.82. The average molecular weight is 437 g/mol. The van der Waals surface area contributed by atoms with Crippen LogP contribution >= 0.6 is 0 Å². The summed E-state index contributed by atoms with van der Waals surface area (Å²) in [5.41, 5.74) is 0.997. The summed E-state index contributed by atoms with van der Waals surface area (Å²) in [6, 6.07) is 11.9. The third kappa shape index (κ3) is 4.85. The molecule has 156 valence electrons. The number of sulfonamides is 1. The number of carbonyl (C=O) groups is 1. The molecule has 3 rings (SSSR count). The number of nitrogens with zero attached hydrogens (tertiary/aromatic N) is 1. The molecule has 2 aromatic carbocycles. The number of nitrogens with one attached hydrogen (secondary N) is 1. The smallest absolute Gasteiger partial charge is 0.251 e. The topological polar surface area (TPSA) is 101 Å². The molecule has 0 bridgehead atoms. The first kappa shape index (κ1) is 21.5. The molecular weight excluding hydrogens is 412 g/mol. The predicted octanol–water partition coefficient (Wildman–Crippen LogP) is 2.37. The lowest BCUT2D eigenvalue weighted by Gasteiger charge is -2.17. The lowest BCUT2D eigenvalue weighted by Crippen LogP contribution is -2.29. The van der Waals surface area contributed by atoms with Crippen molar-refractivity contribution in [1.29, 1.82) is 0 Å². The van der Waals surface area contributed by atoms with Gasteiger partial charge in [0.2, 0.25) is 10.0 Å². The molecule has 0 aromatic heterocycles. The fourth-order valence-electron chi connectivity index (χ4n) is 3.24. The summed E-state index contributed by atoms with van der Waals surface area (Å²) in [7, 11) is -6.88. The van der Waals surface area contributed by atoms with E-state index in [1.807, 2.05) is 0 Å². The Morgan fingerprint density at radius 3 is 2.17 bits per heavy atom. The summed E-state index contributed by atoms with van der Waals surface area (Å²) in [5.74, 6) is -0.400. The van der Waals surface area contributed by atoms with Crippen molar-refractivity contribution in [3.8, 4) is 0 Å². The summed E-state index contributed by atoms with van der Waals surface area (Å²) < 4.78 is 50.0. The van der Waals surface area contributed by atoms with Gasteiger partial charge >= 0.3 is 0 Å². The molecule has 0 radical (unpaired) electrons. The summed E-state index contributed by atoms with van der Waals surface area (Å²) >= 11 is 0. The second-order valence-corrected chi connectivity index (χ2v) is 11.1. The highest BCUT2D eigenvalue weighted by atomic mass is 32.2. The van der Waals surface area contributed by atoms with Gasteiger partial charge in [0.1, 0.15) is 0 Å². The lowest BCUT2D eigenvalue weighted by molar-refractivity contribution is 0.0939. The van der Waals surface area contributed by atoms with E-state index in [2.05, 4.69) is 5.32 Å². The number of carbonyl (C=O) groups excluding carboxylic acids is 1. The van der Waals surface area contributed by atoms with Gasteiger partial charge in [0.15, 0.2) is 9.84 Å². The van der Waals surface area contributed by atoms with Crippen LogP contribution in [0.2, 0.25) is 0 Å². The van der Waals surface area contributed by atoms with Gasteiger partial charge in [-0.3, -0.25) is 4.79 Å². The van der Waals surface area contributed by atoms with Gasteiger partial charge in [-0.2, -0.15) is 4.31 Å². The number of sulfone groups is 1. The largest absolute Gasteiger partial charge is 0.346 e. The fraction of sp³-hybridized carbons (Fsp3) is 0.350. The molecule has 0 aliphatic carbocycles. The monoisotopic (exact) mass is 436 g/mol. The number of hydrogen-bond acceptors (Lipinski definition) is 5. The summed E-state index contributed by atoms with van der Waals surface area (Å²) in [6.45, 7) is 2.77. The molecule has 1 aliphatic heterocycles. The first-order chi connectivity index (χ1) is 13.6. The van der Waals surface area contributed by atoms with E-state index < -0.39 is 25.8 Å². The molecule has 1 saturated heterocycles. The van der Waals surface area contributed by atoms with Gasteiger partial charge < -0.3 is 5.32 Å². The highest BCUT2D eigenvalue weighted by Crippen LogP contribution is 2.22. The van der Waals surface area contributed by atoms with Gasteiger partial charge in [-0.1, -0.05) is 18.2 Å². The molecule has 0 saturated carbocycles. The maximum atomic E-state index is 12.7. The lowest BCUT2D eigenvalue weighted by atomic mass is 10.1. The minimum absolute atomic E-state index is 0.109. The molecular formula is C20H24N2O5S2. The molecule has 0 unspecified atom stereocenters. The van der Waals surface area contributed by atoms with E-state index in [1.165, 1.54) is 28.6 Å². The van der Waals surface area contributed by atoms with Crippen LogP contribution < -0.4 is 5.32 Å². The molecule has 1 aliphatic rings. The van der Waals surface area contributed by atoms with Gasteiger partial charge in [-0.15, -0.1) is 0 Å². The van der Waals surface area contributed by atoms with Gasteiger partial charge in [0.05, 0.1) is 15.8 Å². The SMILES string of the molecule is C[C@@H](NC(=O)c1cccc(S(=O)(=O)N2CCCC2)c1)c1ccc(S(C)(=O)=O)cc1. The Morgan fingerprint density at radius 1 is 0.966 bits per heavy atom. The standard InChI is InChI=1S/C20H24N2O5S2/c1-15(16-8-10-18(11-9-16)28(2,24)25)21-20(23)17-6-5-7-19(14-17)29(26,27)22-12-3-4-13-22/h5-11,14-15H,3-4,12-13H2,1-2H3,(H,21,23)/t15-/m1/s1. The number of hydrogen-bond donors (Lipinski definition) is 1. The van der Waals surface area contributed by atoms with Crippen molar-refractivity contribution in [2.45, 2.75) is 35.6 Å². The third-order valence-corrected chi connectivity index (χ3v) is 7.98. The van der Waals surface area contributed by atoms with Crippen LogP contribution in [0.4, 0.5) is 0 Å². The van der Waals surface area contributed by atoms with Crippen LogP contribution in [0, 0.1) is 0 Å². The van der Waals surface area contributed by atoms with Crippen LogP contribution in [0.15, 0.2) is 58.3 Å². The Balaban J connectivity index is 1.75. The maximum absolute atomic E-state index is 12.7. The Labute approximate surface area is 171 Å². The van der Waals surface area contributed by atoms with Crippen LogP contribution in [0.25, 0.3) is 0 Å². The van der Waals surface area contributed by atoms with Crippen LogP contribution in [0.1, 0.15) is 41.7 Å². The van der Waals surface area contributed by atoms with Crippen molar-refractivity contribution in [2.75, 3.05) is 19.3 Å². The minimum atomic E-state index is -3.60. The average Bonchev–Trinajstić information content (AvgIpc) is 3.23. The Kier molecular flexibility index (Phi) is 6.11. The Bertz CT molecular complexity index is 1100. The molecule has 2 aromatic rings.